The highest BCUT2D eigenvalue weighted by Crippen LogP contribution is 2.47. The van der Waals surface area contributed by atoms with E-state index in [9.17, 15) is 0 Å². The first-order valence-corrected chi connectivity index (χ1v) is 16.9. The van der Waals surface area contributed by atoms with E-state index in [1.54, 1.807) is 0 Å². The molecule has 226 valence electrons. The van der Waals surface area contributed by atoms with Crippen molar-refractivity contribution in [3.63, 3.8) is 0 Å². The first-order valence-electron chi connectivity index (χ1n) is 16.9. The number of nitrogens with zero attached hydrogens (tertiary/aromatic N) is 3. The van der Waals surface area contributed by atoms with Crippen LogP contribution in [0.2, 0.25) is 0 Å². The van der Waals surface area contributed by atoms with Gasteiger partial charge in [-0.3, -0.25) is 0 Å². The van der Waals surface area contributed by atoms with Crippen molar-refractivity contribution in [2.45, 2.75) is 18.9 Å². The summed E-state index contributed by atoms with van der Waals surface area (Å²) in [6.45, 7) is 0. The van der Waals surface area contributed by atoms with Gasteiger partial charge in [-0.05, 0) is 108 Å². The van der Waals surface area contributed by atoms with Gasteiger partial charge in [0.05, 0.1) is 22.1 Å². The molecule has 0 radical (unpaired) electrons. The molecule has 4 heterocycles. The second-order valence-electron chi connectivity index (χ2n) is 13.4. The molecule has 0 N–H and O–H groups in total. The van der Waals surface area contributed by atoms with Crippen molar-refractivity contribution in [2.75, 3.05) is 4.90 Å². The number of fused-ring (bicyclic) bond motifs is 11. The van der Waals surface area contributed by atoms with Crippen LogP contribution in [0.25, 0.3) is 66.1 Å². The van der Waals surface area contributed by atoms with Crippen molar-refractivity contribution < 1.29 is 0 Å². The summed E-state index contributed by atoms with van der Waals surface area (Å²) >= 11 is 0. The number of benzene rings is 7. The maximum atomic E-state index is 2.57. The number of rotatable bonds is 3. The van der Waals surface area contributed by atoms with Crippen LogP contribution in [0.3, 0.4) is 0 Å². The van der Waals surface area contributed by atoms with E-state index in [0.29, 0.717) is 6.04 Å². The predicted molar refractivity (Wildman–Crippen MR) is 200 cm³/mol. The van der Waals surface area contributed by atoms with Crippen LogP contribution in [0.1, 0.15) is 11.1 Å². The molecular formula is C45H31N3. The molecule has 3 nitrogen and oxygen atoms in total. The zero-order valence-corrected chi connectivity index (χ0v) is 26.3. The average Bonchev–Trinajstić information content (AvgIpc) is 3.87. The molecule has 0 fully saturated rings. The number of para-hydroxylation sites is 4. The third-order valence-electron chi connectivity index (χ3n) is 10.8. The van der Waals surface area contributed by atoms with Gasteiger partial charge < -0.3 is 14.0 Å². The molecule has 0 saturated carbocycles. The number of aromatic nitrogens is 2. The first-order chi connectivity index (χ1) is 23.8. The summed E-state index contributed by atoms with van der Waals surface area (Å²) in [5.41, 5.74) is 15.5. The van der Waals surface area contributed by atoms with Gasteiger partial charge in [-0.15, -0.1) is 0 Å². The quantitative estimate of drug-likeness (QED) is 0.193. The Kier molecular flexibility index (Phi) is 5.28. The number of hydrogen-bond donors (Lipinski definition) is 0. The van der Waals surface area contributed by atoms with Crippen LogP contribution >= 0.6 is 0 Å². The molecule has 0 amide bonds. The molecule has 1 unspecified atom stereocenters. The summed E-state index contributed by atoms with van der Waals surface area (Å²) in [5, 5.41) is 5.11. The topological polar surface area (TPSA) is 13.1 Å². The Morgan fingerprint density at radius 2 is 0.917 bits per heavy atom. The Labute approximate surface area is 278 Å². The van der Waals surface area contributed by atoms with E-state index in [0.717, 1.165) is 12.8 Å². The zero-order valence-electron chi connectivity index (χ0n) is 26.3. The van der Waals surface area contributed by atoms with Crippen LogP contribution in [0.15, 0.2) is 158 Å². The van der Waals surface area contributed by atoms with Crippen molar-refractivity contribution in [3.05, 3.63) is 169 Å². The minimum Gasteiger partial charge on any atom is -0.337 e. The van der Waals surface area contributed by atoms with Crippen molar-refractivity contribution in [3.8, 4) is 22.5 Å². The molecule has 0 saturated heterocycles. The summed E-state index contributed by atoms with van der Waals surface area (Å²) in [6, 6.07) is 58.8. The molecule has 0 aliphatic carbocycles. The van der Waals surface area contributed by atoms with Gasteiger partial charge in [0, 0.05) is 50.3 Å². The van der Waals surface area contributed by atoms with E-state index >= 15 is 0 Å². The van der Waals surface area contributed by atoms with E-state index in [2.05, 4.69) is 172 Å². The van der Waals surface area contributed by atoms with Gasteiger partial charge in [-0.2, -0.15) is 0 Å². The smallest absolute Gasteiger partial charge is 0.0541 e. The zero-order chi connectivity index (χ0) is 31.3. The second kappa shape index (κ2) is 9.73. The normalized spacial score (nSPS) is 15.1. The van der Waals surface area contributed by atoms with Crippen molar-refractivity contribution >= 4 is 55.0 Å². The molecule has 3 heteroatoms. The maximum Gasteiger partial charge on any atom is 0.0541 e. The molecule has 1 atom stereocenters. The summed E-state index contributed by atoms with van der Waals surface area (Å²) < 4.78 is 4.84. The highest BCUT2D eigenvalue weighted by molar-refractivity contribution is 6.12. The molecule has 48 heavy (non-hydrogen) atoms. The van der Waals surface area contributed by atoms with Crippen LogP contribution in [-0.4, -0.2) is 15.2 Å². The summed E-state index contributed by atoms with van der Waals surface area (Å²) in [6.07, 6.45) is 2.21. The Morgan fingerprint density at radius 3 is 1.62 bits per heavy atom. The molecule has 2 aliphatic rings. The van der Waals surface area contributed by atoms with Crippen LogP contribution < -0.4 is 4.90 Å². The minimum absolute atomic E-state index is 0.521. The Balaban J connectivity index is 1.05. The third-order valence-corrected chi connectivity index (χ3v) is 10.8. The Bertz CT molecular complexity index is 2750. The van der Waals surface area contributed by atoms with Gasteiger partial charge in [0.2, 0.25) is 0 Å². The van der Waals surface area contributed by atoms with Gasteiger partial charge in [0.1, 0.15) is 0 Å². The highest BCUT2D eigenvalue weighted by atomic mass is 15.2. The van der Waals surface area contributed by atoms with Gasteiger partial charge >= 0.3 is 0 Å². The van der Waals surface area contributed by atoms with Crippen LogP contribution in [0.4, 0.5) is 11.4 Å². The van der Waals surface area contributed by atoms with Gasteiger partial charge in [-0.1, -0.05) is 84.9 Å². The Morgan fingerprint density at radius 1 is 0.375 bits per heavy atom. The summed E-state index contributed by atoms with van der Waals surface area (Å²) in [4.78, 5) is 2.57. The van der Waals surface area contributed by atoms with Crippen molar-refractivity contribution in [1.29, 1.82) is 0 Å². The van der Waals surface area contributed by atoms with E-state index in [1.165, 1.54) is 88.6 Å². The highest BCUT2D eigenvalue weighted by Gasteiger charge is 2.37. The van der Waals surface area contributed by atoms with Crippen LogP contribution in [-0.2, 0) is 12.8 Å². The molecular weight excluding hydrogens is 583 g/mol. The van der Waals surface area contributed by atoms with Crippen molar-refractivity contribution in [1.82, 2.24) is 9.13 Å². The van der Waals surface area contributed by atoms with Crippen molar-refractivity contribution in [2.24, 2.45) is 0 Å². The lowest BCUT2D eigenvalue weighted by Crippen LogP contribution is -2.22. The average molecular weight is 614 g/mol. The lowest BCUT2D eigenvalue weighted by Gasteiger charge is -2.20. The lowest BCUT2D eigenvalue weighted by atomic mass is 10.0. The van der Waals surface area contributed by atoms with E-state index in [4.69, 9.17) is 0 Å². The monoisotopic (exact) mass is 613 g/mol. The van der Waals surface area contributed by atoms with E-state index in [-0.39, 0.29) is 0 Å². The maximum absolute atomic E-state index is 2.57. The molecule has 7 aromatic carbocycles. The second-order valence-corrected chi connectivity index (χ2v) is 13.4. The summed E-state index contributed by atoms with van der Waals surface area (Å²) in [7, 11) is 0. The Hall–Kier alpha value is -6.06. The molecule has 2 aromatic heterocycles. The number of hydrogen-bond acceptors (Lipinski definition) is 1. The molecule has 9 aromatic rings. The summed E-state index contributed by atoms with van der Waals surface area (Å²) in [5.74, 6) is 0. The van der Waals surface area contributed by atoms with E-state index in [1.807, 2.05) is 0 Å². The fourth-order valence-electron chi connectivity index (χ4n) is 8.75. The minimum atomic E-state index is 0.521. The molecule has 0 spiro atoms. The van der Waals surface area contributed by atoms with Gasteiger partial charge in [0.15, 0.2) is 0 Å². The number of anilines is 2. The SMILES string of the molecule is c1ccc(-n2c3ccccc3c3cc(-c4ccc5c(c4)c4ccccc4n5-c4ccc5c(c4)CC4Cc6ccccc6N54)ccc32)cc1. The van der Waals surface area contributed by atoms with Crippen LogP contribution in [0.5, 0.6) is 0 Å². The third kappa shape index (κ3) is 3.59. The standard InChI is InChI=1S/C45H31N3/c1-2-11-33(12-3-1)46-42-16-8-5-13-36(42)38-27-29(18-21-44(38)46)30-19-22-45-39(28-30)37-14-6-9-17-43(37)47(45)34-20-23-41-32(25-34)26-35-24-31-10-4-7-15-40(31)48(35)41/h1-23,25,27-28,35H,24,26H2. The largest absolute Gasteiger partial charge is 0.337 e. The first kappa shape index (κ1) is 26.1. The predicted octanol–water partition coefficient (Wildman–Crippen LogP) is 11.2. The fourth-order valence-corrected chi connectivity index (χ4v) is 8.75. The van der Waals surface area contributed by atoms with Gasteiger partial charge in [-0.25, -0.2) is 0 Å². The van der Waals surface area contributed by atoms with Gasteiger partial charge in [0.25, 0.3) is 0 Å². The molecule has 2 aliphatic heterocycles. The van der Waals surface area contributed by atoms with E-state index < -0.39 is 0 Å². The lowest BCUT2D eigenvalue weighted by molar-refractivity contribution is 0.725. The fraction of sp³-hybridized carbons (Fsp3) is 0.0667. The van der Waals surface area contributed by atoms with Crippen LogP contribution in [0, 0.1) is 0 Å². The molecule has 0 bridgehead atoms. The molecule has 11 rings (SSSR count).